The highest BCUT2D eigenvalue weighted by Crippen LogP contribution is 2.10. The smallest absolute Gasteiger partial charge is 0.314 e. The molecule has 0 unspecified atom stereocenters. The first-order valence-corrected chi connectivity index (χ1v) is 8.27. The Morgan fingerprint density at radius 1 is 1.25 bits per heavy atom. The quantitative estimate of drug-likeness (QED) is 0.700. The van der Waals surface area contributed by atoms with E-state index >= 15 is 0 Å². The lowest BCUT2D eigenvalue weighted by Crippen LogP contribution is -2.44. The van der Waals surface area contributed by atoms with E-state index in [1.165, 1.54) is 12.6 Å². The van der Waals surface area contributed by atoms with Crippen molar-refractivity contribution in [1.29, 1.82) is 0 Å². The molecule has 132 valence electrons. The molecule has 1 aliphatic rings. The number of hydrogen-bond acceptors (Lipinski definition) is 4. The zero-order valence-electron chi connectivity index (χ0n) is 14.1. The minimum absolute atomic E-state index is 0.0415. The molecule has 0 radical (unpaired) electrons. The van der Waals surface area contributed by atoms with E-state index in [1.807, 2.05) is 18.2 Å². The van der Waals surface area contributed by atoms with E-state index in [0.717, 1.165) is 26.1 Å². The number of nitrogens with zero attached hydrogens (tertiary/aromatic N) is 1. The molecule has 0 saturated carbocycles. The summed E-state index contributed by atoms with van der Waals surface area (Å²) in [7, 11) is 1.51. The maximum absolute atomic E-state index is 11.7. The molecule has 3 N–H and O–H groups in total. The number of ether oxygens (including phenoxy) is 1. The second-order valence-electron chi connectivity index (χ2n) is 5.80. The van der Waals surface area contributed by atoms with Crippen LogP contribution in [0, 0.1) is 0 Å². The Balaban J connectivity index is 1.75. The van der Waals surface area contributed by atoms with Gasteiger partial charge in [0, 0.05) is 39.8 Å². The third-order valence-corrected chi connectivity index (χ3v) is 3.85. The number of carbonyl (C=O) groups excluding carboxylic acids is 2. The van der Waals surface area contributed by atoms with Crippen LogP contribution < -0.4 is 16.0 Å². The summed E-state index contributed by atoms with van der Waals surface area (Å²) in [6.45, 7) is 3.74. The first-order valence-electron chi connectivity index (χ1n) is 8.27. The van der Waals surface area contributed by atoms with Crippen molar-refractivity contribution in [3.63, 3.8) is 0 Å². The lowest BCUT2D eigenvalue weighted by Gasteiger charge is -2.24. The van der Waals surface area contributed by atoms with E-state index in [4.69, 9.17) is 4.74 Å². The number of nitrogens with one attached hydrogen (secondary N) is 3. The lowest BCUT2D eigenvalue weighted by atomic mass is 10.2. The van der Waals surface area contributed by atoms with Crippen LogP contribution in [-0.2, 0) is 16.1 Å². The second kappa shape index (κ2) is 9.89. The largest absolute Gasteiger partial charge is 0.375 e. The highest BCUT2D eigenvalue weighted by atomic mass is 16.5. The molecule has 1 atom stereocenters. The van der Waals surface area contributed by atoms with Crippen molar-refractivity contribution in [3.8, 4) is 0 Å². The highest BCUT2D eigenvalue weighted by molar-refractivity contribution is 5.83. The summed E-state index contributed by atoms with van der Waals surface area (Å²) in [6, 6.07) is 9.96. The van der Waals surface area contributed by atoms with Gasteiger partial charge >= 0.3 is 6.03 Å². The fourth-order valence-electron chi connectivity index (χ4n) is 2.62. The lowest BCUT2D eigenvalue weighted by molar-refractivity contribution is -0.120. The van der Waals surface area contributed by atoms with Crippen LogP contribution in [0.25, 0.3) is 0 Å². The fourth-order valence-corrected chi connectivity index (χ4v) is 2.62. The van der Waals surface area contributed by atoms with E-state index < -0.39 is 0 Å². The summed E-state index contributed by atoms with van der Waals surface area (Å²) in [5.74, 6) is -0.221. The fraction of sp³-hybridized carbons (Fsp3) is 0.529. The number of benzene rings is 1. The van der Waals surface area contributed by atoms with Crippen molar-refractivity contribution in [2.24, 2.45) is 0 Å². The van der Waals surface area contributed by atoms with Crippen LogP contribution in [0.3, 0.4) is 0 Å². The molecule has 1 aliphatic heterocycles. The second-order valence-corrected chi connectivity index (χ2v) is 5.80. The van der Waals surface area contributed by atoms with E-state index in [-0.39, 0.29) is 24.6 Å². The molecular formula is C17H26N4O3. The molecule has 1 heterocycles. The van der Waals surface area contributed by atoms with Crippen molar-refractivity contribution in [2.45, 2.75) is 19.1 Å². The van der Waals surface area contributed by atoms with E-state index in [2.05, 4.69) is 33.0 Å². The third-order valence-electron chi connectivity index (χ3n) is 3.85. The number of carbonyl (C=O) groups is 2. The van der Waals surface area contributed by atoms with E-state index in [1.54, 1.807) is 0 Å². The number of amides is 3. The Labute approximate surface area is 142 Å². The zero-order valence-corrected chi connectivity index (χ0v) is 14.1. The Bertz CT molecular complexity index is 524. The molecule has 1 fully saturated rings. The Morgan fingerprint density at radius 2 is 2.04 bits per heavy atom. The summed E-state index contributed by atoms with van der Waals surface area (Å²) < 4.78 is 5.81. The van der Waals surface area contributed by atoms with Crippen LogP contribution in [0.15, 0.2) is 30.3 Å². The van der Waals surface area contributed by atoms with Crippen LogP contribution in [0.2, 0.25) is 0 Å². The third kappa shape index (κ3) is 6.55. The number of hydrogen-bond donors (Lipinski definition) is 3. The molecule has 3 amide bonds. The predicted molar refractivity (Wildman–Crippen MR) is 91.5 cm³/mol. The molecule has 0 spiro atoms. The summed E-state index contributed by atoms with van der Waals surface area (Å²) >= 11 is 0. The van der Waals surface area contributed by atoms with Crippen molar-refractivity contribution < 1.29 is 14.3 Å². The van der Waals surface area contributed by atoms with Gasteiger partial charge in [-0.2, -0.15) is 0 Å². The van der Waals surface area contributed by atoms with Crippen LogP contribution in [0.5, 0.6) is 0 Å². The Hall–Kier alpha value is -2.12. The molecule has 1 aromatic carbocycles. The van der Waals surface area contributed by atoms with Crippen LogP contribution in [-0.4, -0.2) is 62.8 Å². The van der Waals surface area contributed by atoms with E-state index in [9.17, 15) is 9.59 Å². The molecule has 0 bridgehead atoms. The van der Waals surface area contributed by atoms with Crippen molar-refractivity contribution >= 4 is 11.9 Å². The molecular weight excluding hydrogens is 308 g/mol. The zero-order chi connectivity index (χ0) is 17.2. The summed E-state index contributed by atoms with van der Waals surface area (Å²) in [4.78, 5) is 25.1. The average Bonchev–Trinajstić information content (AvgIpc) is 2.83. The first-order chi connectivity index (χ1) is 11.7. The van der Waals surface area contributed by atoms with Crippen molar-refractivity contribution in [2.75, 3.05) is 39.8 Å². The van der Waals surface area contributed by atoms with Gasteiger partial charge in [0.2, 0.25) is 5.91 Å². The van der Waals surface area contributed by atoms with Gasteiger partial charge in [-0.25, -0.2) is 4.79 Å². The molecule has 7 heteroatoms. The first kappa shape index (κ1) is 18.2. The monoisotopic (exact) mass is 334 g/mol. The minimum atomic E-state index is -0.370. The van der Waals surface area contributed by atoms with Gasteiger partial charge in [-0.05, 0) is 12.0 Å². The SMILES string of the molecule is CNC(=O)NCC(=O)NC[C@@H]1CN(Cc2ccccc2)CCCO1. The number of rotatable bonds is 6. The van der Waals surface area contributed by atoms with Gasteiger partial charge in [-0.15, -0.1) is 0 Å². The Kier molecular flexibility index (Phi) is 7.51. The van der Waals surface area contributed by atoms with Gasteiger partial charge in [-0.3, -0.25) is 9.69 Å². The van der Waals surface area contributed by atoms with Gasteiger partial charge in [0.15, 0.2) is 0 Å². The van der Waals surface area contributed by atoms with Gasteiger partial charge in [0.1, 0.15) is 0 Å². The summed E-state index contributed by atoms with van der Waals surface area (Å²) in [5.41, 5.74) is 1.27. The van der Waals surface area contributed by atoms with Gasteiger partial charge < -0.3 is 20.7 Å². The van der Waals surface area contributed by atoms with E-state index in [0.29, 0.717) is 13.2 Å². The molecule has 1 aromatic rings. The topological polar surface area (TPSA) is 82.7 Å². The van der Waals surface area contributed by atoms with Crippen LogP contribution >= 0.6 is 0 Å². The molecule has 0 aliphatic carbocycles. The standard InChI is InChI=1S/C17H26N4O3/c1-18-17(23)20-11-16(22)19-10-15-13-21(8-5-9-24-15)12-14-6-3-2-4-7-14/h2-4,6-7,15H,5,8-13H2,1H3,(H,19,22)(H2,18,20,23)/t15-/m1/s1. The Morgan fingerprint density at radius 3 is 2.79 bits per heavy atom. The van der Waals surface area contributed by atoms with Crippen molar-refractivity contribution in [3.05, 3.63) is 35.9 Å². The highest BCUT2D eigenvalue weighted by Gasteiger charge is 2.19. The minimum Gasteiger partial charge on any atom is -0.375 e. The molecule has 2 rings (SSSR count). The molecule has 0 aromatic heterocycles. The van der Waals surface area contributed by atoms with Gasteiger partial charge in [0.05, 0.1) is 12.6 Å². The maximum atomic E-state index is 11.7. The predicted octanol–water partition coefficient (Wildman–Crippen LogP) is 0.323. The average molecular weight is 334 g/mol. The van der Waals surface area contributed by atoms with Crippen molar-refractivity contribution in [1.82, 2.24) is 20.9 Å². The number of urea groups is 1. The van der Waals surface area contributed by atoms with Gasteiger partial charge in [0.25, 0.3) is 0 Å². The molecule has 1 saturated heterocycles. The van der Waals surface area contributed by atoms with Crippen LogP contribution in [0.1, 0.15) is 12.0 Å². The summed E-state index contributed by atoms with van der Waals surface area (Å²) in [5, 5.41) is 7.67. The summed E-state index contributed by atoms with van der Waals surface area (Å²) in [6.07, 6.45) is 0.940. The maximum Gasteiger partial charge on any atom is 0.314 e. The molecule has 24 heavy (non-hydrogen) atoms. The van der Waals surface area contributed by atoms with Gasteiger partial charge in [-0.1, -0.05) is 30.3 Å². The van der Waals surface area contributed by atoms with Crippen LogP contribution in [0.4, 0.5) is 4.79 Å². The molecule has 7 nitrogen and oxygen atoms in total. The normalized spacial score (nSPS) is 18.5.